The van der Waals surface area contributed by atoms with Gasteiger partial charge in [-0.25, -0.2) is 0 Å². The van der Waals surface area contributed by atoms with E-state index in [1.165, 1.54) is 38.6 Å². The predicted molar refractivity (Wildman–Crippen MR) is 97.8 cm³/mol. The Morgan fingerprint density at radius 1 is 0.913 bits per heavy atom. The molecule has 1 aliphatic rings. The van der Waals surface area contributed by atoms with Gasteiger partial charge in [0.15, 0.2) is 0 Å². The van der Waals surface area contributed by atoms with E-state index in [0.717, 1.165) is 18.5 Å². The third kappa shape index (κ3) is 2.45. The summed E-state index contributed by atoms with van der Waals surface area (Å²) in [4.78, 5) is 4.87. The molecule has 3 aromatic rings. The maximum atomic E-state index is 4.87. The molecule has 0 amide bonds. The van der Waals surface area contributed by atoms with Crippen LogP contribution in [0.5, 0.6) is 0 Å². The Morgan fingerprint density at radius 3 is 2.35 bits per heavy atom. The van der Waals surface area contributed by atoms with Gasteiger partial charge in [0.2, 0.25) is 0 Å². The van der Waals surface area contributed by atoms with Crippen LogP contribution in [-0.4, -0.2) is 4.98 Å². The maximum absolute atomic E-state index is 4.87. The molecule has 0 spiro atoms. The molecule has 23 heavy (non-hydrogen) atoms. The third-order valence-electron chi connectivity index (χ3n) is 4.91. The molecule has 0 N–H and O–H groups in total. The van der Waals surface area contributed by atoms with E-state index < -0.39 is 0 Å². The van der Waals surface area contributed by atoms with Gasteiger partial charge in [-0.3, -0.25) is 4.98 Å². The summed E-state index contributed by atoms with van der Waals surface area (Å²) < 4.78 is 0. The number of nitrogens with zero attached hydrogens (tertiary/aromatic N) is 1. The molecule has 0 bridgehead atoms. The number of benzene rings is 2. The SMILES string of the molecule is Cc1cc(C)cc(-c2ncc3c4c(cccc24)CC(C)(C)C3)c1. The number of hydrogen-bond acceptors (Lipinski definition) is 1. The van der Waals surface area contributed by atoms with Gasteiger partial charge in [-0.2, -0.15) is 0 Å². The molecule has 116 valence electrons. The van der Waals surface area contributed by atoms with Gasteiger partial charge >= 0.3 is 0 Å². The van der Waals surface area contributed by atoms with E-state index in [1.54, 1.807) is 0 Å². The van der Waals surface area contributed by atoms with Crippen molar-refractivity contribution in [1.29, 1.82) is 0 Å². The highest BCUT2D eigenvalue weighted by atomic mass is 14.7. The molecule has 0 radical (unpaired) electrons. The predicted octanol–water partition coefficient (Wildman–Crippen LogP) is 5.64. The summed E-state index contributed by atoms with van der Waals surface area (Å²) in [5.41, 5.74) is 8.14. The number of aryl methyl sites for hydroxylation is 2. The van der Waals surface area contributed by atoms with Crippen LogP contribution in [0.2, 0.25) is 0 Å². The van der Waals surface area contributed by atoms with Gasteiger partial charge in [-0.15, -0.1) is 0 Å². The van der Waals surface area contributed by atoms with Crippen molar-refractivity contribution in [1.82, 2.24) is 4.98 Å². The Hall–Kier alpha value is -2.15. The number of aromatic nitrogens is 1. The average Bonchev–Trinajstić information content (AvgIpc) is 2.45. The molecule has 0 aliphatic heterocycles. The molecule has 1 heteroatoms. The van der Waals surface area contributed by atoms with Gasteiger partial charge in [-0.05, 0) is 60.7 Å². The highest BCUT2D eigenvalue weighted by Gasteiger charge is 2.27. The van der Waals surface area contributed by atoms with Crippen molar-refractivity contribution in [2.24, 2.45) is 5.41 Å². The minimum absolute atomic E-state index is 0.324. The van der Waals surface area contributed by atoms with Gasteiger partial charge in [0.05, 0.1) is 5.69 Å². The van der Waals surface area contributed by atoms with Crippen LogP contribution in [0.1, 0.15) is 36.1 Å². The van der Waals surface area contributed by atoms with Crippen LogP contribution >= 0.6 is 0 Å². The van der Waals surface area contributed by atoms with Crippen LogP contribution in [0.4, 0.5) is 0 Å². The molecule has 1 aromatic heterocycles. The Kier molecular flexibility index (Phi) is 3.09. The molecule has 1 aliphatic carbocycles. The highest BCUT2D eigenvalue weighted by Crippen LogP contribution is 2.40. The Labute approximate surface area is 138 Å². The zero-order valence-corrected chi connectivity index (χ0v) is 14.4. The average molecular weight is 301 g/mol. The highest BCUT2D eigenvalue weighted by molar-refractivity contribution is 5.99. The van der Waals surface area contributed by atoms with Crippen LogP contribution < -0.4 is 0 Å². The van der Waals surface area contributed by atoms with E-state index in [2.05, 4.69) is 70.3 Å². The fourth-order valence-corrected chi connectivity index (χ4v) is 4.17. The lowest BCUT2D eigenvalue weighted by Gasteiger charge is -2.31. The minimum Gasteiger partial charge on any atom is -0.255 e. The van der Waals surface area contributed by atoms with Crippen LogP contribution in [0.25, 0.3) is 22.0 Å². The minimum atomic E-state index is 0.324. The first-order valence-electron chi connectivity index (χ1n) is 8.41. The van der Waals surface area contributed by atoms with Crippen LogP contribution in [0.3, 0.4) is 0 Å². The largest absolute Gasteiger partial charge is 0.255 e. The second kappa shape index (κ2) is 4.92. The molecule has 0 unspecified atom stereocenters. The zero-order valence-electron chi connectivity index (χ0n) is 14.4. The fraction of sp³-hybridized carbons (Fsp3) is 0.318. The number of hydrogen-bond donors (Lipinski definition) is 0. The monoisotopic (exact) mass is 301 g/mol. The quantitative estimate of drug-likeness (QED) is 0.566. The van der Waals surface area contributed by atoms with Crippen LogP contribution in [0, 0.1) is 19.3 Å². The summed E-state index contributed by atoms with van der Waals surface area (Å²) >= 11 is 0. The van der Waals surface area contributed by atoms with Crippen molar-refractivity contribution in [3.8, 4) is 11.3 Å². The van der Waals surface area contributed by atoms with Crippen molar-refractivity contribution >= 4 is 10.8 Å². The van der Waals surface area contributed by atoms with E-state index >= 15 is 0 Å². The van der Waals surface area contributed by atoms with Crippen molar-refractivity contribution in [3.05, 3.63) is 64.8 Å². The van der Waals surface area contributed by atoms with Gasteiger partial charge in [0.1, 0.15) is 0 Å². The van der Waals surface area contributed by atoms with Gasteiger partial charge < -0.3 is 0 Å². The summed E-state index contributed by atoms with van der Waals surface area (Å²) in [7, 11) is 0. The van der Waals surface area contributed by atoms with Crippen molar-refractivity contribution in [3.63, 3.8) is 0 Å². The summed E-state index contributed by atoms with van der Waals surface area (Å²) in [6.45, 7) is 9.02. The first kappa shape index (κ1) is 14.4. The van der Waals surface area contributed by atoms with E-state index in [0.29, 0.717) is 5.41 Å². The van der Waals surface area contributed by atoms with E-state index in [4.69, 9.17) is 4.98 Å². The molecule has 4 rings (SSSR count). The van der Waals surface area contributed by atoms with Crippen molar-refractivity contribution in [2.75, 3.05) is 0 Å². The third-order valence-corrected chi connectivity index (χ3v) is 4.91. The lowest BCUT2D eigenvalue weighted by atomic mass is 9.73. The topological polar surface area (TPSA) is 12.9 Å². The van der Waals surface area contributed by atoms with E-state index in [9.17, 15) is 0 Å². The first-order chi connectivity index (χ1) is 10.9. The second-order valence-electron chi connectivity index (χ2n) is 7.87. The maximum Gasteiger partial charge on any atom is 0.0780 e. The van der Waals surface area contributed by atoms with Crippen molar-refractivity contribution < 1.29 is 0 Å². The molecule has 2 aromatic carbocycles. The lowest BCUT2D eigenvalue weighted by Crippen LogP contribution is -2.23. The fourth-order valence-electron chi connectivity index (χ4n) is 4.17. The molecule has 0 fully saturated rings. The molecule has 0 saturated heterocycles. The summed E-state index contributed by atoms with van der Waals surface area (Å²) in [6.07, 6.45) is 4.37. The standard InChI is InChI=1S/C22H23N/c1-14-8-15(2)10-17(9-14)21-19-7-5-6-16-11-22(3,4)12-18(13-23-21)20(16)19/h5-10,13H,11-12H2,1-4H3. The lowest BCUT2D eigenvalue weighted by molar-refractivity contribution is 0.355. The molecule has 0 atom stereocenters. The summed E-state index contributed by atoms with van der Waals surface area (Å²) in [5.74, 6) is 0. The van der Waals surface area contributed by atoms with Crippen LogP contribution in [-0.2, 0) is 12.8 Å². The summed E-state index contributed by atoms with van der Waals surface area (Å²) in [6, 6.07) is 13.4. The Balaban J connectivity index is 2.01. The molecule has 0 saturated carbocycles. The Bertz CT molecular complexity index is 884. The van der Waals surface area contributed by atoms with Gasteiger partial charge in [0.25, 0.3) is 0 Å². The van der Waals surface area contributed by atoms with Gasteiger partial charge in [0, 0.05) is 17.1 Å². The second-order valence-corrected chi connectivity index (χ2v) is 7.87. The zero-order chi connectivity index (χ0) is 16.2. The smallest absolute Gasteiger partial charge is 0.0780 e. The molecule has 1 heterocycles. The molecule has 1 nitrogen and oxygen atoms in total. The summed E-state index contributed by atoms with van der Waals surface area (Å²) in [5, 5.41) is 2.75. The van der Waals surface area contributed by atoms with E-state index in [-0.39, 0.29) is 0 Å². The normalized spacial score (nSPS) is 15.8. The van der Waals surface area contributed by atoms with Crippen molar-refractivity contribution in [2.45, 2.75) is 40.5 Å². The van der Waals surface area contributed by atoms with Crippen LogP contribution in [0.15, 0.2) is 42.6 Å². The van der Waals surface area contributed by atoms with E-state index in [1.807, 2.05) is 0 Å². The Morgan fingerprint density at radius 2 is 1.61 bits per heavy atom. The number of rotatable bonds is 1. The van der Waals surface area contributed by atoms with Gasteiger partial charge in [-0.1, -0.05) is 49.2 Å². The first-order valence-corrected chi connectivity index (χ1v) is 8.41. The number of pyridine rings is 1. The molecular weight excluding hydrogens is 278 g/mol. The molecular formula is C22H23N.